The molecule has 0 spiro atoms. The second-order valence-corrected chi connectivity index (χ2v) is 10.3. The Morgan fingerprint density at radius 1 is 1.03 bits per heavy atom. The van der Waals surface area contributed by atoms with E-state index in [0.29, 0.717) is 20.7 Å². The molecule has 2 heterocycles. The number of nitrogens with one attached hydrogen (secondary N) is 2. The van der Waals surface area contributed by atoms with Crippen LogP contribution in [0.4, 0.5) is 16.3 Å². The molecule has 36 heavy (non-hydrogen) atoms. The number of carbonyl (C=O) groups excluding carboxylic acids is 3. The molecule has 2 aromatic heterocycles. The Morgan fingerprint density at radius 3 is 2.33 bits per heavy atom. The number of fused-ring (bicyclic) bond motifs is 1. The molecule has 2 aromatic carbocycles. The van der Waals surface area contributed by atoms with Crippen LogP contribution >= 0.6 is 11.3 Å². The summed E-state index contributed by atoms with van der Waals surface area (Å²) in [5, 5.41) is 9.13. The Balaban J connectivity index is 1.67. The zero-order valence-electron chi connectivity index (χ0n) is 20.7. The number of rotatable bonds is 5. The number of hydrogen-bond acceptors (Lipinski definition) is 7. The Labute approximate surface area is 213 Å². The van der Waals surface area contributed by atoms with Crippen LogP contribution in [0.2, 0.25) is 0 Å². The predicted octanol–water partition coefficient (Wildman–Crippen LogP) is 3.17. The number of nitrogens with zero attached hydrogens (tertiary/aromatic N) is 3. The van der Waals surface area contributed by atoms with Gasteiger partial charge in [-0.3, -0.25) is 20.0 Å². The zero-order chi connectivity index (χ0) is 26.0. The second-order valence-electron chi connectivity index (χ2n) is 9.23. The van der Waals surface area contributed by atoms with Gasteiger partial charge in [0, 0.05) is 12.6 Å². The highest BCUT2D eigenvalue weighted by molar-refractivity contribution is 7.20. The van der Waals surface area contributed by atoms with Crippen molar-refractivity contribution in [2.75, 3.05) is 17.4 Å². The van der Waals surface area contributed by atoms with E-state index >= 15 is 0 Å². The summed E-state index contributed by atoms with van der Waals surface area (Å²) in [7, 11) is 3.66. The van der Waals surface area contributed by atoms with E-state index in [0.717, 1.165) is 27.2 Å². The molecule has 0 unspecified atom stereocenters. The average molecular weight is 503 g/mol. The molecule has 0 aliphatic heterocycles. The number of thiophene rings is 1. The molecule has 4 rings (SSSR count). The summed E-state index contributed by atoms with van der Waals surface area (Å²) in [6, 6.07) is 18.0. The van der Waals surface area contributed by atoms with Gasteiger partial charge >= 0.3 is 6.09 Å². The number of hydrazine groups is 1. The number of benzene rings is 2. The van der Waals surface area contributed by atoms with Crippen molar-refractivity contribution < 1.29 is 19.1 Å². The van der Waals surface area contributed by atoms with Crippen molar-refractivity contribution in [2.45, 2.75) is 26.4 Å². The number of ether oxygens (including phenoxy) is 1. The van der Waals surface area contributed by atoms with E-state index < -0.39 is 11.7 Å². The van der Waals surface area contributed by atoms with Crippen LogP contribution in [0.15, 0.2) is 60.7 Å². The first-order valence-electron chi connectivity index (χ1n) is 11.3. The fourth-order valence-electron chi connectivity index (χ4n) is 3.35. The topological polar surface area (TPSA) is 106 Å². The van der Waals surface area contributed by atoms with E-state index in [1.807, 2.05) is 50.3 Å². The molecule has 0 aliphatic rings. The van der Waals surface area contributed by atoms with Crippen LogP contribution in [-0.2, 0) is 4.74 Å². The smallest absolute Gasteiger partial charge is 0.436 e. The van der Waals surface area contributed by atoms with Gasteiger partial charge in [0.05, 0.1) is 16.0 Å². The van der Waals surface area contributed by atoms with Gasteiger partial charge in [-0.1, -0.05) is 47.9 Å². The van der Waals surface area contributed by atoms with Crippen LogP contribution in [0.5, 0.6) is 0 Å². The average Bonchev–Trinajstić information content (AvgIpc) is 3.39. The lowest BCUT2D eigenvalue weighted by molar-refractivity contribution is 0.0523. The van der Waals surface area contributed by atoms with E-state index in [9.17, 15) is 14.4 Å². The second kappa shape index (κ2) is 9.86. The number of aromatic nitrogens is 2. The van der Waals surface area contributed by atoms with Crippen LogP contribution in [0, 0.1) is 0 Å². The molecule has 0 aliphatic carbocycles. The van der Waals surface area contributed by atoms with Gasteiger partial charge in [0.1, 0.15) is 18.3 Å². The molecule has 2 amide bonds. The lowest BCUT2D eigenvalue weighted by Crippen LogP contribution is -2.38. The van der Waals surface area contributed by atoms with E-state index in [1.165, 1.54) is 0 Å². The van der Waals surface area contributed by atoms with E-state index in [-0.39, 0.29) is 17.6 Å². The highest BCUT2D eigenvalue weighted by atomic mass is 32.1. The highest BCUT2D eigenvalue weighted by Gasteiger charge is 2.26. The maximum absolute atomic E-state index is 13.0. The van der Waals surface area contributed by atoms with Crippen molar-refractivity contribution in [3.63, 3.8) is 0 Å². The first-order chi connectivity index (χ1) is 17.0. The number of amides is 2. The summed E-state index contributed by atoms with van der Waals surface area (Å²) in [4.78, 5) is 39.5. The number of para-hydroxylation sites is 1. The van der Waals surface area contributed by atoms with E-state index in [2.05, 4.69) is 15.8 Å². The summed E-state index contributed by atoms with van der Waals surface area (Å²) >= 11 is 1.08. The highest BCUT2D eigenvalue weighted by Crippen LogP contribution is 2.32. The first-order valence-corrected chi connectivity index (χ1v) is 12.1. The monoisotopic (exact) mass is 503 g/mol. The Kier molecular flexibility index (Phi) is 6.85. The quantitative estimate of drug-likeness (QED) is 0.320. The first kappa shape index (κ1) is 25.0. The van der Waals surface area contributed by atoms with Crippen molar-refractivity contribution in [1.82, 2.24) is 15.2 Å². The zero-order valence-corrected chi connectivity index (χ0v) is 21.5. The molecule has 0 radical (unpaired) electrons. The molecular formula is C25H26BN5O4S. The molecular weight excluding hydrogens is 477 g/mol. The molecule has 2 N–H and O–H groups in total. The van der Waals surface area contributed by atoms with Gasteiger partial charge < -0.3 is 10.1 Å². The third-order valence-corrected chi connectivity index (χ3v) is 6.22. The van der Waals surface area contributed by atoms with Crippen molar-refractivity contribution in [3.05, 3.63) is 71.1 Å². The van der Waals surface area contributed by atoms with Gasteiger partial charge in [-0.05, 0) is 39.0 Å². The minimum absolute atomic E-state index is 0.160. The summed E-state index contributed by atoms with van der Waals surface area (Å²) in [5.74, 6) is -0.589. The third kappa shape index (κ3) is 5.57. The maximum Gasteiger partial charge on any atom is 0.436 e. The molecule has 11 heteroatoms. The SMILES string of the molecule is Bc1ccc(C(=O)Nc2nn(C(=O)OC(C)(C)C)c3sc(C(=O)NN(C)c4ccccc4)cc23)cc1. The van der Waals surface area contributed by atoms with Gasteiger partial charge in [-0.15, -0.1) is 16.4 Å². The van der Waals surface area contributed by atoms with Crippen LogP contribution in [0.3, 0.4) is 0 Å². The molecule has 0 bridgehead atoms. The Hall–Kier alpha value is -4.12. The summed E-state index contributed by atoms with van der Waals surface area (Å²) in [5.41, 5.74) is 4.33. The van der Waals surface area contributed by atoms with Crippen LogP contribution in [0.1, 0.15) is 40.8 Å². The van der Waals surface area contributed by atoms with Crippen LogP contribution < -0.4 is 21.2 Å². The van der Waals surface area contributed by atoms with Gasteiger partial charge in [0.2, 0.25) is 0 Å². The van der Waals surface area contributed by atoms with Gasteiger partial charge in [-0.2, -0.15) is 4.68 Å². The van der Waals surface area contributed by atoms with Gasteiger partial charge in [-0.25, -0.2) is 4.79 Å². The van der Waals surface area contributed by atoms with Gasteiger partial charge in [0.25, 0.3) is 11.8 Å². The van der Waals surface area contributed by atoms with Crippen LogP contribution in [0.25, 0.3) is 10.2 Å². The van der Waals surface area contributed by atoms with E-state index in [4.69, 9.17) is 4.74 Å². The van der Waals surface area contributed by atoms with Crippen molar-refractivity contribution in [1.29, 1.82) is 0 Å². The molecule has 4 aromatic rings. The van der Waals surface area contributed by atoms with Crippen molar-refractivity contribution in [3.8, 4) is 0 Å². The fraction of sp³-hybridized carbons (Fsp3) is 0.200. The Morgan fingerprint density at radius 2 is 1.69 bits per heavy atom. The lowest BCUT2D eigenvalue weighted by Gasteiger charge is -2.19. The summed E-state index contributed by atoms with van der Waals surface area (Å²) < 4.78 is 6.56. The van der Waals surface area contributed by atoms with Crippen molar-refractivity contribution >= 4 is 64.3 Å². The lowest BCUT2D eigenvalue weighted by atomic mass is 9.95. The number of anilines is 2. The van der Waals surface area contributed by atoms with Crippen LogP contribution in [-0.4, -0.2) is 48.2 Å². The minimum atomic E-state index is -0.753. The summed E-state index contributed by atoms with van der Waals surface area (Å²) in [6.07, 6.45) is -0.710. The standard InChI is InChI=1S/C25H26BN5O4S/c1-25(2,3)35-24(34)31-23-18(20(28-31)27-21(32)15-10-12-16(26)13-11-15)14-19(36-23)22(33)29-30(4)17-8-6-5-7-9-17/h5-14H,26H2,1-4H3,(H,29,33)(H,27,28,32). The minimum Gasteiger partial charge on any atom is -0.442 e. The normalized spacial score (nSPS) is 11.2. The number of carbonyl (C=O) groups is 3. The molecule has 0 saturated carbocycles. The fourth-order valence-corrected chi connectivity index (χ4v) is 4.34. The molecule has 9 nitrogen and oxygen atoms in total. The van der Waals surface area contributed by atoms with E-state index in [1.54, 1.807) is 51.0 Å². The molecule has 184 valence electrons. The maximum atomic E-state index is 13.0. The van der Waals surface area contributed by atoms with Crippen molar-refractivity contribution in [2.24, 2.45) is 0 Å². The molecule has 0 fully saturated rings. The number of hydrogen-bond donors (Lipinski definition) is 2. The molecule has 0 atom stereocenters. The molecule has 0 saturated heterocycles. The predicted molar refractivity (Wildman–Crippen MR) is 144 cm³/mol. The largest absolute Gasteiger partial charge is 0.442 e. The summed E-state index contributed by atoms with van der Waals surface area (Å²) in [6.45, 7) is 5.25. The third-order valence-electron chi connectivity index (χ3n) is 5.11. The van der Waals surface area contributed by atoms with Gasteiger partial charge in [0.15, 0.2) is 5.82 Å². The Bertz CT molecular complexity index is 1420.